The molecular weight excluding hydrogens is 418 g/mol. The summed E-state index contributed by atoms with van der Waals surface area (Å²) in [6, 6.07) is 15.5. The van der Waals surface area contributed by atoms with E-state index in [0.29, 0.717) is 11.5 Å². The average Bonchev–Trinajstić information content (AvgIpc) is 3.40. The second kappa shape index (κ2) is 9.10. The van der Waals surface area contributed by atoms with E-state index in [-0.39, 0.29) is 24.1 Å². The summed E-state index contributed by atoms with van der Waals surface area (Å²) in [5.74, 6) is 0.211. The molecule has 0 unspecified atom stereocenters. The molecule has 2 aromatic carbocycles. The number of benzene rings is 2. The van der Waals surface area contributed by atoms with Crippen LogP contribution in [0.25, 0.3) is 22.6 Å². The number of thioether (sulfide) groups is 1. The van der Waals surface area contributed by atoms with Gasteiger partial charge in [-0.25, -0.2) is 9.97 Å². The van der Waals surface area contributed by atoms with Crippen LogP contribution in [-0.4, -0.2) is 32.1 Å². The molecule has 0 atom stereocenters. The molecule has 2 heterocycles. The average molecular weight is 438 g/mol. The fourth-order valence-electron chi connectivity index (χ4n) is 2.90. The Morgan fingerprint density at radius 1 is 1.07 bits per heavy atom. The third-order valence-electron chi connectivity index (χ3n) is 4.35. The summed E-state index contributed by atoms with van der Waals surface area (Å²) in [6.45, 7) is 2.03. The molecular formula is C21H19N5O2S2. The minimum absolute atomic E-state index is 0.0127. The van der Waals surface area contributed by atoms with Crippen molar-refractivity contribution in [2.24, 2.45) is 0 Å². The van der Waals surface area contributed by atoms with Crippen molar-refractivity contribution in [1.29, 1.82) is 0 Å². The van der Waals surface area contributed by atoms with Crippen LogP contribution >= 0.6 is 23.1 Å². The molecule has 0 spiro atoms. The maximum Gasteiger partial charge on any atom is 0.258 e. The van der Waals surface area contributed by atoms with Crippen molar-refractivity contribution in [2.75, 3.05) is 5.75 Å². The number of carbonyl (C=O) groups excluding carboxylic acids is 2. The number of aryl methyl sites for hydroxylation is 1. The molecule has 0 saturated carbocycles. The van der Waals surface area contributed by atoms with Gasteiger partial charge in [0.25, 0.3) is 5.91 Å². The molecule has 152 valence electrons. The first-order valence-electron chi connectivity index (χ1n) is 9.21. The zero-order chi connectivity index (χ0) is 20.9. The van der Waals surface area contributed by atoms with Gasteiger partial charge < -0.3 is 4.57 Å². The number of amides is 2. The third kappa shape index (κ3) is 4.69. The second-order valence-electron chi connectivity index (χ2n) is 6.58. The number of hydrazine groups is 1. The van der Waals surface area contributed by atoms with Gasteiger partial charge in [-0.15, -0.1) is 23.1 Å². The lowest BCUT2D eigenvalue weighted by Gasteiger charge is -2.10. The van der Waals surface area contributed by atoms with Crippen molar-refractivity contribution >= 4 is 45.9 Å². The van der Waals surface area contributed by atoms with Crippen molar-refractivity contribution in [3.05, 3.63) is 65.0 Å². The third-order valence-corrected chi connectivity index (χ3v) is 5.95. The Morgan fingerprint density at radius 3 is 2.60 bits per heavy atom. The normalized spacial score (nSPS) is 10.8. The van der Waals surface area contributed by atoms with Crippen LogP contribution in [0.5, 0.6) is 0 Å². The van der Waals surface area contributed by atoms with E-state index in [4.69, 9.17) is 0 Å². The smallest absolute Gasteiger partial charge is 0.258 e. The van der Waals surface area contributed by atoms with Gasteiger partial charge in [0, 0.05) is 10.3 Å². The van der Waals surface area contributed by atoms with Crippen LogP contribution in [0, 0.1) is 6.92 Å². The van der Waals surface area contributed by atoms with E-state index in [9.17, 15) is 9.59 Å². The van der Waals surface area contributed by atoms with E-state index in [0.717, 1.165) is 15.9 Å². The maximum absolute atomic E-state index is 12.5. The summed E-state index contributed by atoms with van der Waals surface area (Å²) in [5.41, 5.74) is 10.2. The first-order valence-corrected chi connectivity index (χ1v) is 11.1. The van der Waals surface area contributed by atoms with Crippen molar-refractivity contribution in [1.82, 2.24) is 25.4 Å². The summed E-state index contributed by atoms with van der Waals surface area (Å²) in [6.07, 6.45) is 0. The Labute approximate surface area is 181 Å². The SMILES string of the molecule is Cc1ccc(SCC(=O)NNC(=O)Cn2c(-c3cscn3)nc3ccccc32)cc1. The molecule has 0 fully saturated rings. The highest BCUT2D eigenvalue weighted by Crippen LogP contribution is 2.24. The molecule has 0 aliphatic rings. The summed E-state index contributed by atoms with van der Waals surface area (Å²) in [5, 5.41) is 1.89. The number of hydrogen-bond acceptors (Lipinski definition) is 6. The number of imidazole rings is 1. The van der Waals surface area contributed by atoms with E-state index in [1.54, 1.807) is 10.1 Å². The highest BCUT2D eigenvalue weighted by atomic mass is 32.2. The van der Waals surface area contributed by atoms with Crippen LogP contribution in [-0.2, 0) is 16.1 Å². The number of para-hydroxylation sites is 2. The molecule has 0 aliphatic heterocycles. The molecule has 9 heteroatoms. The molecule has 2 N–H and O–H groups in total. The molecule has 0 bridgehead atoms. The first-order chi connectivity index (χ1) is 14.6. The fraction of sp³-hybridized carbons (Fsp3) is 0.143. The Morgan fingerprint density at radius 2 is 1.83 bits per heavy atom. The van der Waals surface area contributed by atoms with Crippen LogP contribution in [0.2, 0.25) is 0 Å². The molecule has 4 rings (SSSR count). The van der Waals surface area contributed by atoms with E-state index >= 15 is 0 Å². The lowest BCUT2D eigenvalue weighted by molar-refractivity contribution is -0.127. The monoisotopic (exact) mass is 437 g/mol. The zero-order valence-corrected chi connectivity index (χ0v) is 17.8. The van der Waals surface area contributed by atoms with Gasteiger partial charge >= 0.3 is 0 Å². The summed E-state index contributed by atoms with van der Waals surface area (Å²) in [7, 11) is 0. The van der Waals surface area contributed by atoms with Gasteiger partial charge in [0.1, 0.15) is 12.2 Å². The van der Waals surface area contributed by atoms with Gasteiger partial charge in [-0.3, -0.25) is 20.4 Å². The van der Waals surface area contributed by atoms with E-state index in [1.165, 1.54) is 28.7 Å². The number of hydrogen-bond donors (Lipinski definition) is 2. The lowest BCUT2D eigenvalue weighted by atomic mass is 10.2. The Hall–Kier alpha value is -3.17. The number of thiazole rings is 1. The van der Waals surface area contributed by atoms with E-state index < -0.39 is 0 Å². The number of nitrogens with one attached hydrogen (secondary N) is 2. The van der Waals surface area contributed by atoms with Crippen LogP contribution in [0.1, 0.15) is 5.56 Å². The van der Waals surface area contributed by atoms with Crippen LogP contribution in [0.4, 0.5) is 0 Å². The topological polar surface area (TPSA) is 88.9 Å². The number of rotatable bonds is 6. The Kier molecular flexibility index (Phi) is 6.10. The predicted octanol–water partition coefficient (Wildman–Crippen LogP) is 3.41. The number of fused-ring (bicyclic) bond motifs is 1. The van der Waals surface area contributed by atoms with Crippen LogP contribution < -0.4 is 10.9 Å². The summed E-state index contributed by atoms with van der Waals surface area (Å²) in [4.78, 5) is 34.5. The van der Waals surface area contributed by atoms with Crippen molar-refractivity contribution in [3.63, 3.8) is 0 Å². The molecule has 30 heavy (non-hydrogen) atoms. The first kappa shape index (κ1) is 20.1. The lowest BCUT2D eigenvalue weighted by Crippen LogP contribution is -2.44. The highest BCUT2D eigenvalue weighted by Gasteiger charge is 2.16. The standard InChI is InChI=1S/C21H19N5O2S2/c1-14-6-8-15(9-7-14)30-12-20(28)25-24-19(27)10-26-18-5-3-2-4-16(18)23-21(26)17-11-29-13-22-17/h2-9,11,13H,10,12H2,1H3,(H,24,27)(H,25,28). The second-order valence-corrected chi connectivity index (χ2v) is 8.35. The fourth-order valence-corrected chi connectivity index (χ4v) is 4.12. The van der Waals surface area contributed by atoms with E-state index in [1.807, 2.05) is 60.8 Å². The number of carbonyl (C=O) groups is 2. The van der Waals surface area contributed by atoms with Crippen LogP contribution in [0.3, 0.4) is 0 Å². The van der Waals surface area contributed by atoms with Gasteiger partial charge in [-0.2, -0.15) is 0 Å². The molecule has 0 aliphatic carbocycles. The molecule has 2 aromatic heterocycles. The molecule has 7 nitrogen and oxygen atoms in total. The van der Waals surface area contributed by atoms with Gasteiger partial charge in [0.05, 0.1) is 22.3 Å². The molecule has 4 aromatic rings. The molecule has 0 saturated heterocycles. The summed E-state index contributed by atoms with van der Waals surface area (Å²) >= 11 is 2.88. The van der Waals surface area contributed by atoms with Crippen LogP contribution in [0.15, 0.2) is 64.3 Å². The molecule has 2 amide bonds. The van der Waals surface area contributed by atoms with Crippen molar-refractivity contribution in [2.45, 2.75) is 18.4 Å². The predicted molar refractivity (Wildman–Crippen MR) is 119 cm³/mol. The minimum atomic E-state index is -0.344. The quantitative estimate of drug-likeness (QED) is 0.356. The number of aromatic nitrogens is 3. The molecule has 0 radical (unpaired) electrons. The largest absolute Gasteiger partial charge is 0.313 e. The van der Waals surface area contributed by atoms with Gasteiger partial charge in [0.2, 0.25) is 5.91 Å². The maximum atomic E-state index is 12.5. The Bertz CT molecular complexity index is 1170. The highest BCUT2D eigenvalue weighted by molar-refractivity contribution is 8.00. The zero-order valence-electron chi connectivity index (χ0n) is 16.2. The van der Waals surface area contributed by atoms with Gasteiger partial charge in [-0.1, -0.05) is 29.8 Å². The number of nitrogens with zero attached hydrogens (tertiary/aromatic N) is 3. The van der Waals surface area contributed by atoms with Crippen molar-refractivity contribution < 1.29 is 9.59 Å². The summed E-state index contributed by atoms with van der Waals surface area (Å²) < 4.78 is 1.80. The minimum Gasteiger partial charge on any atom is -0.313 e. The van der Waals surface area contributed by atoms with Gasteiger partial charge in [-0.05, 0) is 31.2 Å². The van der Waals surface area contributed by atoms with E-state index in [2.05, 4.69) is 20.8 Å². The van der Waals surface area contributed by atoms with Gasteiger partial charge in [0.15, 0.2) is 5.82 Å². The van der Waals surface area contributed by atoms with Crippen molar-refractivity contribution in [3.8, 4) is 11.5 Å². The Balaban J connectivity index is 1.38.